The molecular formula is C12H11ClN2O4. The van der Waals surface area contributed by atoms with Crippen LogP contribution in [0.15, 0.2) is 12.3 Å². The van der Waals surface area contributed by atoms with Crippen molar-refractivity contribution in [2.45, 2.75) is 6.92 Å². The van der Waals surface area contributed by atoms with Crippen molar-refractivity contribution in [3.8, 4) is 11.5 Å². The Morgan fingerprint density at radius 3 is 2.47 bits per heavy atom. The van der Waals surface area contributed by atoms with E-state index in [2.05, 4.69) is 4.98 Å². The summed E-state index contributed by atoms with van der Waals surface area (Å²) in [6.45, 7) is 1.75. The topological polar surface area (TPSA) is 74.5 Å². The number of nitrogens with zero attached hydrogens (tertiary/aromatic N) is 2. The first-order valence-electron chi connectivity index (χ1n) is 5.36. The highest BCUT2D eigenvalue weighted by molar-refractivity contribution is 6.37. The fourth-order valence-electron chi connectivity index (χ4n) is 2.00. The molecular weight excluding hydrogens is 272 g/mol. The van der Waals surface area contributed by atoms with Crippen LogP contribution in [0.25, 0.3) is 10.9 Å². The summed E-state index contributed by atoms with van der Waals surface area (Å²) in [5.74, 6) is 0.113. The van der Waals surface area contributed by atoms with E-state index < -0.39 is 4.92 Å². The number of methoxy groups -OCH3 is 2. The maximum atomic E-state index is 11.3. The molecule has 0 radical (unpaired) electrons. The predicted octanol–water partition coefficient (Wildman–Crippen LogP) is 3.12. The summed E-state index contributed by atoms with van der Waals surface area (Å²) >= 11 is 6.18. The van der Waals surface area contributed by atoms with Gasteiger partial charge in [-0.05, 0) is 18.6 Å². The molecule has 2 aromatic rings. The molecule has 1 aromatic heterocycles. The fraction of sp³-hybridized carbons (Fsp3) is 0.250. The van der Waals surface area contributed by atoms with E-state index in [0.29, 0.717) is 16.5 Å². The summed E-state index contributed by atoms with van der Waals surface area (Å²) in [7, 11) is 2.70. The van der Waals surface area contributed by atoms with E-state index in [1.165, 1.54) is 14.2 Å². The number of fused-ring (bicyclic) bond motifs is 1. The SMILES string of the molecule is COc1c(OC)c([N+](=O)[O-])c2c(C)ccnc2c1Cl. The Bertz CT molecular complexity index is 673. The Morgan fingerprint density at radius 1 is 1.32 bits per heavy atom. The quantitative estimate of drug-likeness (QED) is 0.638. The Morgan fingerprint density at radius 2 is 1.95 bits per heavy atom. The molecule has 0 amide bonds. The largest absolute Gasteiger partial charge is 0.491 e. The molecule has 19 heavy (non-hydrogen) atoms. The van der Waals surface area contributed by atoms with E-state index in [4.69, 9.17) is 21.1 Å². The van der Waals surface area contributed by atoms with Gasteiger partial charge in [0.05, 0.1) is 24.5 Å². The lowest BCUT2D eigenvalue weighted by atomic mass is 10.1. The number of hydrogen-bond donors (Lipinski definition) is 0. The first kappa shape index (κ1) is 13.4. The van der Waals surface area contributed by atoms with E-state index in [9.17, 15) is 10.1 Å². The normalized spacial score (nSPS) is 10.5. The Hall–Kier alpha value is -2.08. The van der Waals surface area contributed by atoms with Gasteiger partial charge in [0.25, 0.3) is 0 Å². The minimum Gasteiger partial charge on any atom is -0.491 e. The molecule has 0 spiro atoms. The van der Waals surface area contributed by atoms with Crippen molar-refractivity contribution >= 4 is 28.2 Å². The molecule has 0 fully saturated rings. The van der Waals surface area contributed by atoms with E-state index in [1.807, 2.05) is 0 Å². The second kappa shape index (κ2) is 4.89. The van der Waals surface area contributed by atoms with E-state index in [1.54, 1.807) is 19.2 Å². The number of rotatable bonds is 3. The maximum Gasteiger partial charge on any atom is 0.324 e. The number of halogens is 1. The average molecular weight is 283 g/mol. The lowest BCUT2D eigenvalue weighted by molar-refractivity contribution is -0.384. The molecule has 0 aliphatic rings. The summed E-state index contributed by atoms with van der Waals surface area (Å²) in [5.41, 5.74) is 0.829. The Labute approximate surface area is 114 Å². The fourth-order valence-corrected chi connectivity index (χ4v) is 2.30. The minimum atomic E-state index is -0.519. The molecule has 0 N–H and O–H groups in total. The molecule has 100 valence electrons. The van der Waals surface area contributed by atoms with Crippen molar-refractivity contribution in [2.24, 2.45) is 0 Å². The van der Waals surface area contributed by atoms with E-state index >= 15 is 0 Å². The van der Waals surface area contributed by atoms with Crippen LogP contribution in [0.1, 0.15) is 5.56 Å². The van der Waals surface area contributed by atoms with Gasteiger partial charge in [0.2, 0.25) is 5.75 Å². The zero-order chi connectivity index (χ0) is 14.2. The lowest BCUT2D eigenvalue weighted by Crippen LogP contribution is -2.01. The monoisotopic (exact) mass is 282 g/mol. The van der Waals surface area contributed by atoms with Gasteiger partial charge >= 0.3 is 5.69 Å². The van der Waals surface area contributed by atoms with Crippen molar-refractivity contribution < 1.29 is 14.4 Å². The molecule has 0 bridgehead atoms. The predicted molar refractivity (Wildman–Crippen MR) is 71.2 cm³/mol. The van der Waals surface area contributed by atoms with Crippen LogP contribution in [0.3, 0.4) is 0 Å². The van der Waals surface area contributed by atoms with Crippen LogP contribution in [0.5, 0.6) is 11.5 Å². The zero-order valence-electron chi connectivity index (χ0n) is 10.6. The number of ether oxygens (including phenoxy) is 2. The zero-order valence-corrected chi connectivity index (χ0v) is 11.3. The highest BCUT2D eigenvalue weighted by atomic mass is 35.5. The highest BCUT2D eigenvalue weighted by Gasteiger charge is 2.29. The molecule has 0 unspecified atom stereocenters. The number of pyridine rings is 1. The number of aryl methyl sites for hydroxylation is 1. The first-order valence-corrected chi connectivity index (χ1v) is 5.73. The second-order valence-corrected chi connectivity index (χ2v) is 4.22. The molecule has 0 saturated heterocycles. The van der Waals surface area contributed by atoms with Gasteiger partial charge in [-0.2, -0.15) is 0 Å². The smallest absolute Gasteiger partial charge is 0.324 e. The number of aromatic nitrogens is 1. The van der Waals surface area contributed by atoms with Crippen LogP contribution in [0.4, 0.5) is 5.69 Å². The number of benzene rings is 1. The summed E-state index contributed by atoms with van der Waals surface area (Å²) in [4.78, 5) is 14.9. The van der Waals surface area contributed by atoms with Gasteiger partial charge in [0.15, 0.2) is 5.75 Å². The summed E-state index contributed by atoms with van der Waals surface area (Å²) in [5, 5.41) is 11.9. The maximum absolute atomic E-state index is 11.3. The summed E-state index contributed by atoms with van der Waals surface area (Å²) < 4.78 is 10.2. The van der Waals surface area contributed by atoms with Gasteiger partial charge < -0.3 is 9.47 Å². The molecule has 0 atom stereocenters. The van der Waals surface area contributed by atoms with Gasteiger partial charge in [0.1, 0.15) is 10.5 Å². The first-order chi connectivity index (χ1) is 9.02. The van der Waals surface area contributed by atoms with Crippen molar-refractivity contribution in [1.82, 2.24) is 4.98 Å². The summed E-state index contributed by atoms with van der Waals surface area (Å²) in [6.07, 6.45) is 1.54. The molecule has 1 heterocycles. The highest BCUT2D eigenvalue weighted by Crippen LogP contribution is 2.48. The minimum absolute atomic E-state index is 0.00102. The molecule has 6 nitrogen and oxygen atoms in total. The van der Waals surface area contributed by atoms with Gasteiger partial charge in [0, 0.05) is 6.20 Å². The third kappa shape index (κ3) is 1.94. The third-order valence-electron chi connectivity index (χ3n) is 2.82. The number of nitro groups is 1. The van der Waals surface area contributed by atoms with Gasteiger partial charge in [-0.15, -0.1) is 0 Å². The lowest BCUT2D eigenvalue weighted by Gasteiger charge is -2.13. The van der Waals surface area contributed by atoms with Gasteiger partial charge in [-0.1, -0.05) is 11.6 Å². The van der Waals surface area contributed by atoms with Crippen LogP contribution < -0.4 is 9.47 Å². The van der Waals surface area contributed by atoms with Gasteiger partial charge in [-0.3, -0.25) is 15.1 Å². The Kier molecular flexibility index (Phi) is 3.44. The number of hydrogen-bond acceptors (Lipinski definition) is 5. The van der Waals surface area contributed by atoms with Crippen LogP contribution >= 0.6 is 11.6 Å². The molecule has 2 rings (SSSR count). The van der Waals surface area contributed by atoms with Crippen molar-refractivity contribution in [2.75, 3.05) is 14.2 Å². The van der Waals surface area contributed by atoms with Crippen LogP contribution in [0, 0.1) is 17.0 Å². The van der Waals surface area contributed by atoms with E-state index in [-0.39, 0.29) is 22.2 Å². The second-order valence-electron chi connectivity index (χ2n) is 3.84. The van der Waals surface area contributed by atoms with Crippen LogP contribution in [0.2, 0.25) is 5.02 Å². The molecule has 0 aliphatic carbocycles. The summed E-state index contributed by atoms with van der Waals surface area (Å²) in [6, 6.07) is 1.68. The van der Waals surface area contributed by atoms with Crippen molar-refractivity contribution in [1.29, 1.82) is 0 Å². The molecule has 1 aromatic carbocycles. The van der Waals surface area contributed by atoms with Crippen LogP contribution in [-0.2, 0) is 0 Å². The van der Waals surface area contributed by atoms with Crippen LogP contribution in [-0.4, -0.2) is 24.1 Å². The number of nitro benzene ring substituents is 1. The third-order valence-corrected chi connectivity index (χ3v) is 3.17. The molecule has 7 heteroatoms. The molecule has 0 aliphatic heterocycles. The van der Waals surface area contributed by atoms with Gasteiger partial charge in [-0.25, -0.2) is 0 Å². The van der Waals surface area contributed by atoms with Crippen molar-refractivity contribution in [3.63, 3.8) is 0 Å². The molecule has 0 saturated carbocycles. The standard InChI is InChI=1S/C12H11ClN2O4/c1-6-4-5-14-9-7(6)10(15(16)17)12(19-3)11(18-2)8(9)13/h4-5H,1-3H3. The Balaban J connectivity index is 3.09. The average Bonchev–Trinajstić information content (AvgIpc) is 2.38. The van der Waals surface area contributed by atoms with E-state index in [0.717, 1.165) is 0 Å². The van der Waals surface area contributed by atoms with Crippen molar-refractivity contribution in [3.05, 3.63) is 33.0 Å².